The maximum atomic E-state index is 13.1. The van der Waals surface area contributed by atoms with Crippen LogP contribution < -0.4 is 0 Å². The lowest BCUT2D eigenvalue weighted by atomic mass is 10.0. The molecule has 19 heteroatoms. The number of carbonyl (C=O) groups excluding carboxylic acids is 4. The van der Waals surface area contributed by atoms with Crippen molar-refractivity contribution < 1.29 is 80.2 Å². The molecule has 584 valence electrons. The van der Waals surface area contributed by atoms with Crippen LogP contribution in [0.1, 0.15) is 374 Å². The molecule has 0 aromatic heterocycles. The van der Waals surface area contributed by atoms with Gasteiger partial charge in [-0.25, -0.2) is 9.13 Å². The number of ether oxygens (including phenoxy) is 4. The Morgan fingerprint density at radius 2 is 0.490 bits per heavy atom. The fourth-order valence-electron chi connectivity index (χ4n) is 11.2. The highest BCUT2D eigenvalue weighted by Crippen LogP contribution is 2.45. The third-order valence-corrected chi connectivity index (χ3v) is 19.4. The molecular weight excluding hydrogens is 1310 g/mol. The molecule has 17 nitrogen and oxygen atoms in total. The summed E-state index contributed by atoms with van der Waals surface area (Å²) in [5, 5.41) is 10.6. The normalized spacial score (nSPS) is 14.2. The molecule has 0 heterocycles. The number of aliphatic hydroxyl groups excluding tert-OH is 1. The molecule has 5 atom stereocenters. The van der Waals surface area contributed by atoms with Crippen LogP contribution in [0, 0.1) is 0 Å². The first-order valence-corrected chi connectivity index (χ1v) is 43.5. The minimum atomic E-state index is -4.98. The van der Waals surface area contributed by atoms with E-state index in [1.807, 2.05) is 0 Å². The third kappa shape index (κ3) is 73.1. The summed E-state index contributed by atoms with van der Waals surface area (Å²) in [5.74, 6) is -2.17. The zero-order chi connectivity index (χ0) is 73.2. The minimum Gasteiger partial charge on any atom is -0.462 e. The predicted molar refractivity (Wildman–Crippen MR) is 409 cm³/mol. The summed E-state index contributed by atoms with van der Waals surface area (Å²) in [7, 11) is -9.95. The molecular formula is C81H148O17P2. The molecule has 0 aliphatic carbocycles. The maximum Gasteiger partial charge on any atom is 0.472 e. The summed E-state index contributed by atoms with van der Waals surface area (Å²) >= 11 is 0. The van der Waals surface area contributed by atoms with Crippen molar-refractivity contribution in [2.75, 3.05) is 39.6 Å². The van der Waals surface area contributed by atoms with Crippen molar-refractivity contribution in [1.82, 2.24) is 0 Å². The Hall–Kier alpha value is -3.24. The van der Waals surface area contributed by atoms with Crippen LogP contribution in [0.25, 0.3) is 0 Å². The Morgan fingerprint density at radius 3 is 0.780 bits per heavy atom. The van der Waals surface area contributed by atoms with Gasteiger partial charge in [0.2, 0.25) is 0 Å². The van der Waals surface area contributed by atoms with Crippen LogP contribution >= 0.6 is 15.6 Å². The molecule has 0 aliphatic rings. The van der Waals surface area contributed by atoms with E-state index in [-0.39, 0.29) is 25.7 Å². The average molecular weight is 1460 g/mol. The Kier molecular flexibility index (Phi) is 71.6. The van der Waals surface area contributed by atoms with Crippen LogP contribution in [0.5, 0.6) is 0 Å². The average Bonchev–Trinajstić information content (AvgIpc) is 1.01. The summed E-state index contributed by atoms with van der Waals surface area (Å²) in [5.41, 5.74) is 0. The second kappa shape index (κ2) is 74.0. The Bertz CT molecular complexity index is 2130. The first-order valence-electron chi connectivity index (χ1n) is 40.5. The van der Waals surface area contributed by atoms with Crippen molar-refractivity contribution in [3.8, 4) is 0 Å². The van der Waals surface area contributed by atoms with E-state index in [0.717, 1.165) is 161 Å². The van der Waals surface area contributed by atoms with Crippen LogP contribution in [0.15, 0.2) is 60.8 Å². The summed E-state index contributed by atoms with van der Waals surface area (Å²) in [6.07, 6.45) is 73.3. The molecule has 0 fully saturated rings. The molecule has 0 aromatic carbocycles. The number of phosphoric ester groups is 2. The second-order valence-corrected chi connectivity index (χ2v) is 30.3. The van der Waals surface area contributed by atoms with Gasteiger partial charge in [-0.15, -0.1) is 0 Å². The van der Waals surface area contributed by atoms with Gasteiger partial charge in [-0.2, -0.15) is 0 Å². The number of hydrogen-bond acceptors (Lipinski definition) is 15. The Morgan fingerprint density at radius 1 is 0.280 bits per heavy atom. The number of unbranched alkanes of at least 4 members (excludes halogenated alkanes) is 41. The van der Waals surface area contributed by atoms with Crippen LogP contribution in [0.3, 0.4) is 0 Å². The van der Waals surface area contributed by atoms with E-state index in [9.17, 15) is 43.2 Å². The van der Waals surface area contributed by atoms with E-state index in [4.69, 9.17) is 37.0 Å². The Labute approximate surface area is 610 Å². The van der Waals surface area contributed by atoms with Crippen molar-refractivity contribution in [2.45, 2.75) is 393 Å². The maximum absolute atomic E-state index is 13.1. The molecule has 0 bridgehead atoms. The molecule has 0 saturated carbocycles. The lowest BCUT2D eigenvalue weighted by Gasteiger charge is -2.21. The van der Waals surface area contributed by atoms with E-state index in [1.54, 1.807) is 0 Å². The third-order valence-electron chi connectivity index (χ3n) is 17.5. The number of hydrogen-bond donors (Lipinski definition) is 3. The Balaban J connectivity index is 5.35. The fourth-order valence-corrected chi connectivity index (χ4v) is 12.8. The number of allylic oxidation sites excluding steroid dienone is 10. The topological polar surface area (TPSA) is 237 Å². The van der Waals surface area contributed by atoms with E-state index >= 15 is 0 Å². The van der Waals surface area contributed by atoms with E-state index in [0.29, 0.717) is 25.7 Å². The summed E-state index contributed by atoms with van der Waals surface area (Å²) in [4.78, 5) is 73.0. The minimum absolute atomic E-state index is 0.0794. The molecule has 0 amide bonds. The molecule has 2 unspecified atom stereocenters. The lowest BCUT2D eigenvalue weighted by Crippen LogP contribution is -2.30. The van der Waals surface area contributed by atoms with Crippen molar-refractivity contribution in [3.05, 3.63) is 60.8 Å². The van der Waals surface area contributed by atoms with Gasteiger partial charge < -0.3 is 33.8 Å². The van der Waals surface area contributed by atoms with Crippen molar-refractivity contribution in [1.29, 1.82) is 0 Å². The van der Waals surface area contributed by atoms with Crippen LogP contribution in [-0.4, -0.2) is 96.7 Å². The highest BCUT2D eigenvalue weighted by molar-refractivity contribution is 7.47. The molecule has 3 N–H and O–H groups in total. The largest absolute Gasteiger partial charge is 0.472 e. The van der Waals surface area contributed by atoms with Crippen LogP contribution in [0.2, 0.25) is 0 Å². The fraction of sp³-hybridized carbons (Fsp3) is 0.827. The quantitative estimate of drug-likeness (QED) is 0.0169. The highest BCUT2D eigenvalue weighted by atomic mass is 31.2. The number of esters is 4. The smallest absolute Gasteiger partial charge is 0.462 e. The highest BCUT2D eigenvalue weighted by Gasteiger charge is 2.30. The van der Waals surface area contributed by atoms with Crippen LogP contribution in [-0.2, 0) is 65.4 Å². The first kappa shape index (κ1) is 96.8. The van der Waals surface area contributed by atoms with Crippen molar-refractivity contribution in [3.63, 3.8) is 0 Å². The number of rotatable bonds is 77. The zero-order valence-corrected chi connectivity index (χ0v) is 65.7. The van der Waals surface area contributed by atoms with Gasteiger partial charge in [0.05, 0.1) is 26.4 Å². The van der Waals surface area contributed by atoms with Gasteiger partial charge in [0.25, 0.3) is 0 Å². The monoisotopic (exact) mass is 1460 g/mol. The van der Waals surface area contributed by atoms with E-state index < -0.39 is 97.5 Å². The standard InChI is InChI=1S/C81H148O17P2/c1-5-9-13-17-21-25-29-33-37-41-45-49-53-57-61-65-78(83)91-71-76(97-80(85)67-63-59-55-51-47-43-39-35-31-27-23-19-15-11-7-3)73-95-99(87,88)93-69-75(82)70-94-100(89,90)96-74-77(98-81(86)68-64-60-56-52-48-44-40-36-32-28-24-20-16-12-8-4)72-92-79(84)66-62-58-54-50-46-42-38-34-30-26-22-18-14-10-6-2/h21,23,25,27-28,32-33,35,37,39,75-77,82H,5-20,22,24,26,29-31,34,36,38,40-74H2,1-4H3,(H,87,88)(H,89,90)/b25-21-,27-23-,32-28-,37-33-,39-35-/t75-,76-,77-/m1/s1. The van der Waals surface area contributed by atoms with Gasteiger partial charge in [0, 0.05) is 25.7 Å². The zero-order valence-electron chi connectivity index (χ0n) is 63.9. The van der Waals surface area contributed by atoms with Gasteiger partial charge in [0.15, 0.2) is 12.2 Å². The second-order valence-electron chi connectivity index (χ2n) is 27.4. The molecule has 0 aliphatic heterocycles. The van der Waals surface area contributed by atoms with Gasteiger partial charge in [-0.05, 0) is 116 Å². The first-order chi connectivity index (χ1) is 48.7. The van der Waals surface area contributed by atoms with Gasteiger partial charge in [0.1, 0.15) is 19.3 Å². The molecule has 0 saturated heterocycles. The van der Waals surface area contributed by atoms with Crippen molar-refractivity contribution in [2.24, 2.45) is 0 Å². The van der Waals surface area contributed by atoms with Crippen molar-refractivity contribution >= 4 is 39.5 Å². The number of phosphoric acid groups is 2. The summed E-state index contributed by atoms with van der Waals surface area (Å²) < 4.78 is 68.6. The molecule has 100 heavy (non-hydrogen) atoms. The lowest BCUT2D eigenvalue weighted by molar-refractivity contribution is -0.161. The summed E-state index contributed by atoms with van der Waals surface area (Å²) in [6, 6.07) is 0. The number of carbonyl (C=O) groups is 4. The molecule has 0 radical (unpaired) electrons. The van der Waals surface area contributed by atoms with Crippen LogP contribution in [0.4, 0.5) is 0 Å². The van der Waals surface area contributed by atoms with Gasteiger partial charge in [-0.1, -0.05) is 294 Å². The predicted octanol–water partition coefficient (Wildman–Crippen LogP) is 23.5. The SMILES string of the molecule is CCCCC/C=C\C/C=C\CCCCCCCC(=O)OC[C@H](COP(=O)(O)OC[C@@H](O)COP(=O)(O)OC[C@@H](COC(=O)CCCCCCCCCCCCCCCCC)OC(=O)CCCCCCCCC/C=C\CCCCCC)OC(=O)CCCCCCC/C=C\C/C=C\CCCCC. The molecule has 0 aromatic rings. The van der Waals surface area contributed by atoms with Gasteiger partial charge in [-0.3, -0.25) is 37.3 Å². The van der Waals surface area contributed by atoms with Gasteiger partial charge >= 0.3 is 39.5 Å². The molecule has 0 spiro atoms. The van der Waals surface area contributed by atoms with E-state index in [2.05, 4.69) is 88.5 Å². The summed E-state index contributed by atoms with van der Waals surface area (Å²) in [6.45, 7) is 4.85. The van der Waals surface area contributed by atoms with E-state index in [1.165, 1.54) is 135 Å². The number of aliphatic hydroxyl groups is 1. The molecule has 0 rings (SSSR count).